The summed E-state index contributed by atoms with van der Waals surface area (Å²) in [5, 5.41) is 10.7. The lowest BCUT2D eigenvalue weighted by atomic mass is 10.2. The topological polar surface area (TPSA) is 111 Å². The molecule has 0 aromatic heterocycles. The average molecular weight is 608 g/mol. The highest BCUT2D eigenvalue weighted by molar-refractivity contribution is 7.92. The van der Waals surface area contributed by atoms with Crippen molar-refractivity contribution in [2.75, 3.05) is 70.3 Å². The molecule has 1 aliphatic heterocycles. The Balaban J connectivity index is 0.00000462. The van der Waals surface area contributed by atoms with Gasteiger partial charge in [0, 0.05) is 12.1 Å². The van der Waals surface area contributed by atoms with E-state index in [1.54, 1.807) is 42.5 Å². The Kier molecular flexibility index (Phi) is 11.4. The van der Waals surface area contributed by atoms with Gasteiger partial charge in [-0.15, -0.1) is 0 Å². The molecule has 0 saturated carbocycles. The summed E-state index contributed by atoms with van der Waals surface area (Å²) in [6, 6.07) is 17.6. The number of anilines is 2. The Morgan fingerprint density at radius 2 is 1.56 bits per heavy atom. The number of aliphatic hydroxyl groups excluding tert-OH is 1. The zero-order chi connectivity index (χ0) is 28.7. The molecular weight excluding hydrogens is 570 g/mol. The fourth-order valence-electron chi connectivity index (χ4n) is 4.75. The van der Waals surface area contributed by atoms with Gasteiger partial charge in [0.25, 0.3) is 10.0 Å². The number of halogens is 1. The Hall–Kier alpha value is -3.38. The molecule has 1 heterocycles. The number of ether oxygens (including phenoxy) is 4. The first-order chi connectivity index (χ1) is 19.2. The average Bonchev–Trinajstić information content (AvgIpc) is 2.96. The van der Waals surface area contributed by atoms with Crippen molar-refractivity contribution in [1.82, 2.24) is 0 Å². The molecule has 10 nitrogen and oxygen atoms in total. The van der Waals surface area contributed by atoms with Gasteiger partial charge in [-0.3, -0.25) is 4.72 Å². The standard InChI is InChI=1S/C29H37N3O7S.ClH/c1-21-9-11-24(12-10-21)40(34,35)30-25-7-5-6-8-26(25)32-15-13-31(14-16-32)19-22(33)20-39-23-17-27(36-2)29(38-4)28(18-23)37-3;/h5-12,17-18,22,30,33H,13-16,19-20H2,1-4H3;1H. The van der Waals surface area contributed by atoms with Crippen LogP contribution in [0.5, 0.6) is 23.0 Å². The molecule has 12 heteroatoms. The summed E-state index contributed by atoms with van der Waals surface area (Å²) < 4.78 is 50.6. The summed E-state index contributed by atoms with van der Waals surface area (Å²) in [6.07, 6.45) is -0.672. The number of hydrogen-bond donors (Lipinski definition) is 3. The quantitative estimate of drug-likeness (QED) is 0.240. The molecule has 0 bridgehead atoms. The molecule has 4 rings (SSSR count). The van der Waals surface area contributed by atoms with Crippen LogP contribution in [0.4, 0.5) is 11.4 Å². The zero-order valence-electron chi connectivity index (χ0n) is 23.7. The number of para-hydroxylation sites is 2. The van der Waals surface area contributed by atoms with E-state index in [0.717, 1.165) is 37.4 Å². The molecule has 224 valence electrons. The van der Waals surface area contributed by atoms with Gasteiger partial charge in [0.2, 0.25) is 5.75 Å². The maximum Gasteiger partial charge on any atom is 0.261 e. The maximum absolute atomic E-state index is 13.0. The minimum Gasteiger partial charge on any atom is -1.00 e. The summed E-state index contributed by atoms with van der Waals surface area (Å²) in [6.45, 7) is 5.59. The van der Waals surface area contributed by atoms with Crippen LogP contribution in [0.1, 0.15) is 5.56 Å². The molecule has 1 aliphatic rings. The molecule has 0 aliphatic carbocycles. The Morgan fingerprint density at radius 1 is 0.951 bits per heavy atom. The third-order valence-electron chi connectivity index (χ3n) is 6.90. The van der Waals surface area contributed by atoms with Gasteiger partial charge in [-0.1, -0.05) is 29.8 Å². The number of piperazine rings is 1. The van der Waals surface area contributed by atoms with E-state index in [1.807, 2.05) is 25.1 Å². The zero-order valence-corrected chi connectivity index (χ0v) is 25.3. The summed E-state index contributed by atoms with van der Waals surface area (Å²) in [5.74, 6) is 1.95. The first-order valence-corrected chi connectivity index (χ1v) is 14.6. The van der Waals surface area contributed by atoms with Crippen molar-refractivity contribution in [3.63, 3.8) is 0 Å². The Bertz CT molecular complexity index is 1360. The summed E-state index contributed by atoms with van der Waals surface area (Å²) >= 11 is 0. The smallest absolute Gasteiger partial charge is 0.261 e. The van der Waals surface area contributed by atoms with Crippen molar-refractivity contribution < 1.29 is 49.8 Å². The van der Waals surface area contributed by atoms with Gasteiger partial charge < -0.3 is 46.3 Å². The molecule has 1 atom stereocenters. The first kappa shape index (κ1) is 32.1. The van der Waals surface area contributed by atoms with Crippen LogP contribution in [-0.2, 0) is 10.0 Å². The molecule has 1 unspecified atom stereocenters. The van der Waals surface area contributed by atoms with Crippen LogP contribution in [-0.4, -0.2) is 80.3 Å². The van der Waals surface area contributed by atoms with E-state index >= 15 is 0 Å². The number of quaternary nitrogens is 1. The number of sulfonamides is 1. The van der Waals surface area contributed by atoms with Crippen LogP contribution < -0.4 is 45.9 Å². The van der Waals surface area contributed by atoms with Crippen molar-refractivity contribution in [2.24, 2.45) is 0 Å². The molecular formula is C29H38ClN3O7S. The second kappa shape index (κ2) is 14.5. The lowest BCUT2D eigenvalue weighted by Crippen LogP contribution is -3.16. The van der Waals surface area contributed by atoms with Gasteiger partial charge >= 0.3 is 0 Å². The number of nitrogens with one attached hydrogen (secondary N) is 2. The predicted octanol–water partition coefficient (Wildman–Crippen LogP) is -1.03. The molecule has 41 heavy (non-hydrogen) atoms. The summed E-state index contributed by atoms with van der Waals surface area (Å²) in [4.78, 5) is 3.65. The van der Waals surface area contributed by atoms with Crippen LogP contribution in [0.25, 0.3) is 0 Å². The number of nitrogens with zero attached hydrogens (tertiary/aromatic N) is 1. The van der Waals surface area contributed by atoms with Crippen molar-refractivity contribution in [2.45, 2.75) is 17.9 Å². The van der Waals surface area contributed by atoms with Gasteiger partial charge in [0.15, 0.2) is 11.5 Å². The van der Waals surface area contributed by atoms with Crippen LogP contribution in [0.3, 0.4) is 0 Å². The third kappa shape index (κ3) is 8.10. The monoisotopic (exact) mass is 607 g/mol. The largest absolute Gasteiger partial charge is 1.00 e. The minimum atomic E-state index is -3.71. The van der Waals surface area contributed by atoms with E-state index in [9.17, 15) is 13.5 Å². The van der Waals surface area contributed by atoms with Crippen molar-refractivity contribution in [1.29, 1.82) is 0 Å². The number of benzene rings is 3. The van der Waals surface area contributed by atoms with Crippen LogP contribution in [0, 0.1) is 6.92 Å². The summed E-state index contributed by atoms with van der Waals surface area (Å²) in [5.41, 5.74) is 2.38. The van der Waals surface area contributed by atoms with Crippen molar-refractivity contribution in [3.8, 4) is 23.0 Å². The van der Waals surface area contributed by atoms with E-state index in [0.29, 0.717) is 35.2 Å². The first-order valence-electron chi connectivity index (χ1n) is 13.1. The van der Waals surface area contributed by atoms with Crippen LogP contribution >= 0.6 is 0 Å². The summed E-state index contributed by atoms with van der Waals surface area (Å²) in [7, 11) is 0.902. The van der Waals surface area contributed by atoms with E-state index in [-0.39, 0.29) is 23.9 Å². The van der Waals surface area contributed by atoms with Gasteiger partial charge in [0.05, 0.1) is 63.8 Å². The second-order valence-electron chi connectivity index (χ2n) is 9.70. The normalized spacial score (nSPS) is 14.5. The van der Waals surface area contributed by atoms with Crippen LogP contribution in [0.15, 0.2) is 65.6 Å². The van der Waals surface area contributed by atoms with Gasteiger partial charge in [-0.2, -0.15) is 0 Å². The highest BCUT2D eigenvalue weighted by Gasteiger charge is 2.25. The molecule has 3 N–H and O–H groups in total. The lowest BCUT2D eigenvalue weighted by molar-refractivity contribution is -0.903. The minimum absolute atomic E-state index is 0. The predicted molar refractivity (Wildman–Crippen MR) is 154 cm³/mol. The van der Waals surface area contributed by atoms with Gasteiger partial charge in [-0.25, -0.2) is 8.42 Å². The molecule has 0 amide bonds. The van der Waals surface area contributed by atoms with E-state index in [4.69, 9.17) is 18.9 Å². The third-order valence-corrected chi connectivity index (χ3v) is 8.28. The van der Waals surface area contributed by atoms with Gasteiger partial charge in [0.1, 0.15) is 25.0 Å². The number of aliphatic hydroxyl groups is 1. The van der Waals surface area contributed by atoms with E-state index < -0.39 is 16.1 Å². The highest BCUT2D eigenvalue weighted by Crippen LogP contribution is 2.40. The molecule has 0 radical (unpaired) electrons. The number of hydrogen-bond acceptors (Lipinski definition) is 8. The molecule has 1 fully saturated rings. The molecule has 3 aromatic carbocycles. The van der Waals surface area contributed by atoms with Gasteiger partial charge in [-0.05, 0) is 31.2 Å². The second-order valence-corrected chi connectivity index (χ2v) is 11.4. The van der Waals surface area contributed by atoms with E-state index in [1.165, 1.54) is 26.2 Å². The number of methoxy groups -OCH3 is 3. The van der Waals surface area contributed by atoms with E-state index in [2.05, 4.69) is 9.62 Å². The van der Waals surface area contributed by atoms with Crippen molar-refractivity contribution >= 4 is 21.4 Å². The number of rotatable bonds is 12. The Morgan fingerprint density at radius 3 is 2.15 bits per heavy atom. The molecule has 0 spiro atoms. The fourth-order valence-corrected chi connectivity index (χ4v) is 5.82. The lowest BCUT2D eigenvalue weighted by Gasteiger charge is -2.35. The molecule has 3 aromatic rings. The van der Waals surface area contributed by atoms with Crippen molar-refractivity contribution in [3.05, 3.63) is 66.2 Å². The highest BCUT2D eigenvalue weighted by atomic mass is 35.5. The van der Waals surface area contributed by atoms with Crippen LogP contribution in [0.2, 0.25) is 0 Å². The fraction of sp³-hybridized carbons (Fsp3) is 0.379. The Labute approximate surface area is 248 Å². The molecule has 1 saturated heterocycles. The maximum atomic E-state index is 13.0. The number of aryl methyl sites for hydroxylation is 1. The SMILES string of the molecule is COc1cc(OCC(O)C[NH+]2CCN(c3ccccc3NS(=O)(=O)c3ccc(C)cc3)CC2)cc(OC)c1OC.[Cl-].